The molecule has 3 aromatic rings. The van der Waals surface area contributed by atoms with E-state index in [9.17, 15) is 39.5 Å². The van der Waals surface area contributed by atoms with Crippen LogP contribution in [0.15, 0.2) is 54.6 Å². The molecule has 0 aliphatic heterocycles. The van der Waals surface area contributed by atoms with Gasteiger partial charge in [0.2, 0.25) is 0 Å². The summed E-state index contributed by atoms with van der Waals surface area (Å²) < 4.78 is 114. The van der Waals surface area contributed by atoms with Crippen molar-refractivity contribution in [1.82, 2.24) is 0 Å². The van der Waals surface area contributed by atoms with Gasteiger partial charge in [-0.2, -0.15) is 55.3 Å². The topological polar surface area (TPSA) is 130 Å². The third-order valence-electron chi connectivity index (χ3n) is 6.76. The van der Waals surface area contributed by atoms with Crippen molar-refractivity contribution in [2.75, 3.05) is 55.5 Å². The van der Waals surface area contributed by atoms with E-state index < -0.39 is 60.0 Å². The Kier molecular flexibility index (Phi) is 15.9. The van der Waals surface area contributed by atoms with Crippen LogP contribution >= 0.6 is 0 Å². The Morgan fingerprint density at radius 1 is 0.620 bits per heavy atom. The van der Waals surface area contributed by atoms with E-state index in [0.717, 1.165) is 24.3 Å². The van der Waals surface area contributed by atoms with Gasteiger partial charge in [0.05, 0.1) is 70.8 Å². The fraction of sp³-hybridized carbons (Fsp3) is 0.364. The zero-order valence-corrected chi connectivity index (χ0v) is 27.1. The minimum absolute atomic E-state index is 0.0782. The first-order valence-corrected chi connectivity index (χ1v) is 14.5. The number of nitrogens with one attached hydrogen (secondary N) is 1. The quantitative estimate of drug-likeness (QED) is 0.206. The minimum Gasteiger partial charge on any atom is -0.394 e. The standard InChI is InChI=1S/C12H13F3N2.C11H11F3N2O2.C10H9F3N2/c1-3-17(4-2)10-6-5-9(8-16)11(7-10)12(13,14)15;12-11(13,14)10-3-8(2-1-7(10)4-15)16-9(5-17)6-18;1-15(2)8-4-3-7(6-14)9(5-8)10(11,12)13/h5-7H,3-4H2,1-2H3;1-3,9,16-18H,5-6H2;3-5H,1-2H3. The summed E-state index contributed by atoms with van der Waals surface area (Å²) in [5.74, 6) is 0. The number of halogens is 9. The molecule has 3 aromatic carbocycles. The third kappa shape index (κ3) is 12.4. The Morgan fingerprint density at radius 3 is 1.32 bits per heavy atom. The van der Waals surface area contributed by atoms with E-state index in [4.69, 9.17) is 26.0 Å². The lowest BCUT2D eigenvalue weighted by Crippen LogP contribution is -2.27. The lowest BCUT2D eigenvalue weighted by Gasteiger charge is -2.22. The van der Waals surface area contributed by atoms with E-state index in [1.165, 1.54) is 36.4 Å². The number of aliphatic hydroxyl groups is 2. The normalized spacial score (nSPS) is 11.1. The van der Waals surface area contributed by atoms with Gasteiger partial charge in [-0.15, -0.1) is 0 Å². The van der Waals surface area contributed by atoms with Crippen LogP contribution in [0, 0.1) is 34.0 Å². The summed E-state index contributed by atoms with van der Waals surface area (Å²) in [4.78, 5) is 3.35. The van der Waals surface area contributed by atoms with Crippen molar-refractivity contribution in [1.29, 1.82) is 15.8 Å². The van der Waals surface area contributed by atoms with Crippen molar-refractivity contribution in [3.8, 4) is 18.2 Å². The summed E-state index contributed by atoms with van der Waals surface area (Å²) in [6, 6.07) is 14.3. The fourth-order valence-corrected chi connectivity index (χ4v) is 4.14. The van der Waals surface area contributed by atoms with E-state index in [1.807, 2.05) is 13.8 Å². The summed E-state index contributed by atoms with van der Waals surface area (Å²) in [7, 11) is 3.28. The van der Waals surface area contributed by atoms with Gasteiger partial charge in [-0.05, 0) is 68.4 Å². The lowest BCUT2D eigenvalue weighted by molar-refractivity contribution is -0.138. The molecule has 0 radical (unpaired) electrons. The van der Waals surface area contributed by atoms with E-state index in [2.05, 4.69) is 5.32 Å². The first kappa shape index (κ1) is 42.8. The number of hydrogen-bond donors (Lipinski definition) is 3. The molecule has 0 spiro atoms. The van der Waals surface area contributed by atoms with Crippen LogP contribution in [0.2, 0.25) is 0 Å². The first-order valence-electron chi connectivity index (χ1n) is 14.5. The van der Waals surface area contributed by atoms with Gasteiger partial charge in [-0.1, -0.05) is 0 Å². The molecule has 0 aliphatic carbocycles. The van der Waals surface area contributed by atoms with Crippen LogP contribution in [-0.4, -0.2) is 56.7 Å². The fourth-order valence-electron chi connectivity index (χ4n) is 4.14. The Labute approximate surface area is 282 Å². The number of anilines is 3. The van der Waals surface area contributed by atoms with Gasteiger partial charge < -0.3 is 25.3 Å². The van der Waals surface area contributed by atoms with Gasteiger partial charge in [-0.3, -0.25) is 0 Å². The SMILES string of the molecule is CCN(CC)c1ccc(C#N)c(C(F)(F)F)c1.CN(C)c1ccc(C#N)c(C(F)(F)F)c1.N#Cc1ccc(NC(CO)CO)cc1C(F)(F)F. The number of nitrogens with zero attached hydrogens (tertiary/aromatic N) is 5. The van der Waals surface area contributed by atoms with Crippen molar-refractivity contribution in [2.45, 2.75) is 38.4 Å². The molecule has 0 unspecified atom stereocenters. The van der Waals surface area contributed by atoms with E-state index in [0.29, 0.717) is 24.5 Å². The molecule has 0 bridgehead atoms. The average molecular weight is 717 g/mol. The smallest absolute Gasteiger partial charge is 0.394 e. The number of rotatable bonds is 8. The molecular weight excluding hydrogens is 683 g/mol. The number of nitriles is 3. The number of aliphatic hydroxyl groups excluding tert-OH is 2. The highest BCUT2D eigenvalue weighted by Crippen LogP contribution is 2.36. The van der Waals surface area contributed by atoms with Crippen molar-refractivity contribution in [2.24, 2.45) is 0 Å². The van der Waals surface area contributed by atoms with Gasteiger partial charge in [-0.25, -0.2) is 0 Å². The number of hydrogen-bond acceptors (Lipinski definition) is 8. The summed E-state index contributed by atoms with van der Waals surface area (Å²) in [6.45, 7) is 4.15. The highest BCUT2D eigenvalue weighted by Gasteiger charge is 2.35. The molecule has 0 atom stereocenters. The van der Waals surface area contributed by atoms with Gasteiger partial charge in [0.25, 0.3) is 0 Å². The summed E-state index contributed by atoms with van der Waals surface area (Å²) >= 11 is 0. The molecule has 50 heavy (non-hydrogen) atoms. The average Bonchev–Trinajstić information content (AvgIpc) is 3.06. The van der Waals surface area contributed by atoms with Crippen LogP contribution in [0.3, 0.4) is 0 Å². The van der Waals surface area contributed by atoms with Gasteiger partial charge in [0.15, 0.2) is 0 Å². The highest BCUT2D eigenvalue weighted by atomic mass is 19.4. The summed E-state index contributed by atoms with van der Waals surface area (Å²) in [6.07, 6.45) is -13.6. The molecule has 0 saturated heterocycles. The molecule has 0 fully saturated rings. The second kappa shape index (κ2) is 18.5. The molecule has 0 aromatic heterocycles. The lowest BCUT2D eigenvalue weighted by atomic mass is 10.1. The van der Waals surface area contributed by atoms with Gasteiger partial charge in [0.1, 0.15) is 0 Å². The third-order valence-corrected chi connectivity index (χ3v) is 6.76. The van der Waals surface area contributed by atoms with Crippen LogP contribution in [0.25, 0.3) is 0 Å². The number of benzene rings is 3. The summed E-state index contributed by atoms with van der Waals surface area (Å²) in [5.41, 5.74) is -3.00. The largest absolute Gasteiger partial charge is 0.417 e. The van der Waals surface area contributed by atoms with Gasteiger partial charge in [0, 0.05) is 44.2 Å². The predicted molar refractivity (Wildman–Crippen MR) is 168 cm³/mol. The predicted octanol–water partition coefficient (Wildman–Crippen LogP) is 7.41. The van der Waals surface area contributed by atoms with Gasteiger partial charge >= 0.3 is 18.5 Å². The van der Waals surface area contributed by atoms with Crippen molar-refractivity contribution in [3.05, 3.63) is 88.0 Å². The molecule has 0 saturated carbocycles. The zero-order valence-electron chi connectivity index (χ0n) is 27.1. The molecule has 3 N–H and O–H groups in total. The maximum Gasteiger partial charge on any atom is 0.417 e. The van der Waals surface area contributed by atoms with Crippen LogP contribution in [0.4, 0.5) is 56.6 Å². The van der Waals surface area contributed by atoms with E-state index >= 15 is 0 Å². The highest BCUT2D eigenvalue weighted by molar-refractivity contribution is 5.56. The monoisotopic (exact) mass is 716 g/mol. The zero-order chi connectivity index (χ0) is 38.4. The van der Waals surface area contributed by atoms with Crippen molar-refractivity contribution >= 4 is 17.1 Å². The minimum atomic E-state index is -4.63. The summed E-state index contributed by atoms with van der Waals surface area (Å²) in [5, 5.41) is 46.0. The van der Waals surface area contributed by atoms with Crippen LogP contribution < -0.4 is 15.1 Å². The first-order chi connectivity index (χ1) is 23.2. The molecule has 270 valence electrons. The molecule has 0 amide bonds. The molecule has 3 rings (SSSR count). The van der Waals surface area contributed by atoms with Crippen molar-refractivity contribution in [3.63, 3.8) is 0 Å². The van der Waals surface area contributed by atoms with E-state index in [-0.39, 0.29) is 16.8 Å². The van der Waals surface area contributed by atoms with Crippen LogP contribution in [0.1, 0.15) is 47.2 Å². The molecule has 0 aliphatic rings. The Hall–Kier alpha value is -5.18. The van der Waals surface area contributed by atoms with Crippen molar-refractivity contribution < 1.29 is 49.7 Å². The maximum absolute atomic E-state index is 12.7. The Balaban J connectivity index is 0.000000377. The molecule has 17 heteroatoms. The molecule has 8 nitrogen and oxygen atoms in total. The molecular formula is C33H33F9N6O2. The Bertz CT molecular complexity index is 1680. The number of alkyl halides is 9. The van der Waals surface area contributed by atoms with Crippen LogP contribution in [-0.2, 0) is 18.5 Å². The van der Waals surface area contributed by atoms with E-state index in [1.54, 1.807) is 36.0 Å². The van der Waals surface area contributed by atoms with Crippen LogP contribution in [0.5, 0.6) is 0 Å². The molecule has 0 heterocycles. The maximum atomic E-state index is 12.7. The second-order valence-electron chi connectivity index (χ2n) is 10.3. The Morgan fingerprint density at radius 2 is 0.980 bits per heavy atom. The second-order valence-corrected chi connectivity index (χ2v) is 10.3.